The summed E-state index contributed by atoms with van der Waals surface area (Å²) in [6.45, 7) is 2.19. The number of hydrogen-bond donors (Lipinski definition) is 1. The van der Waals surface area contributed by atoms with E-state index in [1.165, 1.54) is 0 Å². The predicted octanol–water partition coefficient (Wildman–Crippen LogP) is 3.49. The maximum atomic E-state index is 12.9. The molecule has 1 aliphatic rings. The lowest BCUT2D eigenvalue weighted by Gasteiger charge is -2.37. The fourth-order valence-corrected chi connectivity index (χ4v) is 3.35. The number of nitrogens with one attached hydrogen (secondary N) is 1. The molecular weight excluding hydrogens is 359 g/mol. The van der Waals surface area contributed by atoms with E-state index in [0.717, 1.165) is 23.4 Å². The molecule has 1 atom stereocenters. The first-order valence-electron chi connectivity index (χ1n) is 8.06. The average Bonchev–Trinajstić information content (AvgIpc) is 2.62. The Kier molecular flexibility index (Phi) is 7.12. The predicted molar refractivity (Wildman–Crippen MR) is 103 cm³/mol. The molecule has 25 heavy (non-hydrogen) atoms. The summed E-state index contributed by atoms with van der Waals surface area (Å²) in [6.07, 6.45) is 0.359. The Morgan fingerprint density at radius 3 is 2.84 bits per heavy atom. The molecule has 0 spiro atoms. The van der Waals surface area contributed by atoms with Crippen molar-refractivity contribution in [3.05, 3.63) is 64.7 Å². The summed E-state index contributed by atoms with van der Waals surface area (Å²) in [6, 6.07) is 15.3. The molecular formula is C19H22Cl2N2O2. The van der Waals surface area contributed by atoms with Gasteiger partial charge in [-0.15, -0.1) is 12.4 Å². The molecule has 6 heteroatoms. The van der Waals surface area contributed by atoms with E-state index >= 15 is 0 Å². The van der Waals surface area contributed by atoms with Gasteiger partial charge in [0, 0.05) is 24.7 Å². The second kappa shape index (κ2) is 9.09. The molecule has 1 aliphatic heterocycles. The van der Waals surface area contributed by atoms with E-state index in [1.807, 2.05) is 53.4 Å². The monoisotopic (exact) mass is 380 g/mol. The van der Waals surface area contributed by atoms with E-state index in [2.05, 4.69) is 5.32 Å². The van der Waals surface area contributed by atoms with Crippen LogP contribution in [0.3, 0.4) is 0 Å². The summed E-state index contributed by atoms with van der Waals surface area (Å²) >= 11 is 6.35. The van der Waals surface area contributed by atoms with Crippen molar-refractivity contribution < 1.29 is 9.53 Å². The van der Waals surface area contributed by atoms with Crippen LogP contribution in [0.5, 0.6) is 5.75 Å². The number of amides is 1. The van der Waals surface area contributed by atoms with Crippen molar-refractivity contribution in [3.63, 3.8) is 0 Å². The summed E-state index contributed by atoms with van der Waals surface area (Å²) in [5.74, 6) is 0.873. The van der Waals surface area contributed by atoms with Crippen molar-refractivity contribution in [3.8, 4) is 5.75 Å². The summed E-state index contributed by atoms with van der Waals surface area (Å²) < 4.78 is 5.24. The van der Waals surface area contributed by atoms with Crippen LogP contribution in [0.25, 0.3) is 0 Å². The van der Waals surface area contributed by atoms with E-state index in [-0.39, 0.29) is 24.4 Å². The van der Waals surface area contributed by atoms with Crippen LogP contribution in [0.1, 0.15) is 17.2 Å². The molecule has 4 nitrogen and oxygen atoms in total. The third-order valence-corrected chi connectivity index (χ3v) is 4.66. The van der Waals surface area contributed by atoms with Gasteiger partial charge in [0.15, 0.2) is 0 Å². The molecule has 1 amide bonds. The van der Waals surface area contributed by atoms with Crippen molar-refractivity contribution in [2.45, 2.75) is 12.5 Å². The molecule has 0 aromatic heterocycles. The maximum Gasteiger partial charge on any atom is 0.227 e. The molecule has 1 saturated heterocycles. The van der Waals surface area contributed by atoms with Gasteiger partial charge in [-0.05, 0) is 29.3 Å². The second-order valence-corrected chi connectivity index (χ2v) is 6.26. The van der Waals surface area contributed by atoms with Gasteiger partial charge >= 0.3 is 0 Å². The Morgan fingerprint density at radius 2 is 2.08 bits per heavy atom. The first-order chi connectivity index (χ1) is 11.7. The Morgan fingerprint density at radius 1 is 1.28 bits per heavy atom. The average molecular weight is 381 g/mol. The number of ether oxygens (including phenoxy) is 1. The van der Waals surface area contributed by atoms with Crippen LogP contribution in [-0.4, -0.2) is 37.6 Å². The minimum atomic E-state index is -0.0365. The molecule has 3 rings (SSSR count). The molecule has 0 aliphatic carbocycles. The van der Waals surface area contributed by atoms with Gasteiger partial charge in [0.2, 0.25) is 5.91 Å². The highest BCUT2D eigenvalue weighted by Crippen LogP contribution is 2.29. The Hall–Kier alpha value is -1.75. The lowest BCUT2D eigenvalue weighted by atomic mass is 10.0. The number of halogens is 2. The minimum Gasteiger partial charge on any atom is -0.497 e. The van der Waals surface area contributed by atoms with Gasteiger partial charge in [-0.25, -0.2) is 0 Å². The van der Waals surface area contributed by atoms with Crippen LogP contribution < -0.4 is 10.1 Å². The van der Waals surface area contributed by atoms with Crippen molar-refractivity contribution in [2.75, 3.05) is 26.7 Å². The second-order valence-electron chi connectivity index (χ2n) is 5.86. The lowest BCUT2D eigenvalue weighted by Crippen LogP contribution is -2.49. The standard InChI is InChI=1S/C19H21ClN2O2.ClH/c1-24-15-6-4-5-14(11-15)12-19(23)22-10-9-21-13-18(22)16-7-2-3-8-17(16)20;/h2-8,11,18,21H,9-10,12-13H2,1H3;1H. The number of benzene rings is 2. The SMILES string of the molecule is COc1cccc(CC(=O)N2CCNCC2c2ccccc2Cl)c1.Cl. The third-order valence-electron chi connectivity index (χ3n) is 4.32. The highest BCUT2D eigenvalue weighted by Gasteiger charge is 2.29. The Balaban J connectivity index is 0.00000225. The number of carbonyl (C=O) groups excluding carboxylic acids is 1. The highest BCUT2D eigenvalue weighted by atomic mass is 35.5. The number of nitrogens with zero attached hydrogens (tertiary/aromatic N) is 1. The van der Waals surface area contributed by atoms with E-state index in [1.54, 1.807) is 7.11 Å². The van der Waals surface area contributed by atoms with Crippen LogP contribution >= 0.6 is 24.0 Å². The van der Waals surface area contributed by atoms with Gasteiger partial charge in [0.1, 0.15) is 5.75 Å². The van der Waals surface area contributed by atoms with Crippen LogP contribution in [0.2, 0.25) is 5.02 Å². The first kappa shape index (κ1) is 19.6. The zero-order chi connectivity index (χ0) is 16.9. The maximum absolute atomic E-state index is 12.9. The van der Waals surface area contributed by atoms with Gasteiger partial charge in [-0.1, -0.05) is 41.9 Å². The van der Waals surface area contributed by atoms with Crippen molar-refractivity contribution in [2.24, 2.45) is 0 Å². The molecule has 1 unspecified atom stereocenters. The van der Waals surface area contributed by atoms with E-state index in [4.69, 9.17) is 16.3 Å². The Bertz CT molecular complexity index is 724. The normalized spacial score (nSPS) is 16.9. The number of hydrogen-bond acceptors (Lipinski definition) is 3. The van der Waals surface area contributed by atoms with Crippen LogP contribution in [0.4, 0.5) is 0 Å². The molecule has 1 N–H and O–H groups in total. The van der Waals surface area contributed by atoms with Crippen LogP contribution in [0, 0.1) is 0 Å². The van der Waals surface area contributed by atoms with E-state index in [0.29, 0.717) is 24.5 Å². The summed E-state index contributed by atoms with van der Waals surface area (Å²) in [7, 11) is 1.63. The molecule has 1 heterocycles. The molecule has 0 bridgehead atoms. The summed E-state index contributed by atoms with van der Waals surface area (Å²) in [5.41, 5.74) is 1.95. The first-order valence-corrected chi connectivity index (χ1v) is 8.44. The van der Waals surface area contributed by atoms with Gasteiger partial charge in [0.25, 0.3) is 0 Å². The van der Waals surface area contributed by atoms with Crippen molar-refractivity contribution in [1.29, 1.82) is 0 Å². The van der Waals surface area contributed by atoms with Gasteiger partial charge < -0.3 is 15.0 Å². The molecule has 0 saturated carbocycles. The smallest absolute Gasteiger partial charge is 0.227 e. The van der Waals surface area contributed by atoms with Gasteiger partial charge in [0.05, 0.1) is 19.6 Å². The zero-order valence-corrected chi connectivity index (χ0v) is 15.6. The van der Waals surface area contributed by atoms with Gasteiger partial charge in [-0.3, -0.25) is 4.79 Å². The van der Waals surface area contributed by atoms with Crippen molar-refractivity contribution in [1.82, 2.24) is 10.2 Å². The van der Waals surface area contributed by atoms with Gasteiger partial charge in [-0.2, -0.15) is 0 Å². The third kappa shape index (κ3) is 4.66. The molecule has 0 radical (unpaired) electrons. The van der Waals surface area contributed by atoms with E-state index in [9.17, 15) is 4.79 Å². The molecule has 2 aromatic rings. The number of methoxy groups -OCH3 is 1. The summed E-state index contributed by atoms with van der Waals surface area (Å²) in [5, 5.41) is 4.05. The highest BCUT2D eigenvalue weighted by molar-refractivity contribution is 6.31. The summed E-state index contributed by atoms with van der Waals surface area (Å²) in [4.78, 5) is 14.8. The number of rotatable bonds is 4. The fourth-order valence-electron chi connectivity index (χ4n) is 3.08. The number of piperazine rings is 1. The lowest BCUT2D eigenvalue weighted by molar-refractivity contribution is -0.133. The molecule has 2 aromatic carbocycles. The Labute approximate surface area is 159 Å². The quantitative estimate of drug-likeness (QED) is 0.882. The van der Waals surface area contributed by atoms with Crippen LogP contribution in [-0.2, 0) is 11.2 Å². The fraction of sp³-hybridized carbons (Fsp3) is 0.316. The molecule has 134 valence electrons. The molecule has 1 fully saturated rings. The zero-order valence-electron chi connectivity index (χ0n) is 14.1. The number of carbonyl (C=O) groups is 1. The topological polar surface area (TPSA) is 41.6 Å². The van der Waals surface area contributed by atoms with Crippen LogP contribution in [0.15, 0.2) is 48.5 Å². The van der Waals surface area contributed by atoms with E-state index < -0.39 is 0 Å². The van der Waals surface area contributed by atoms with Crippen molar-refractivity contribution >= 4 is 29.9 Å². The largest absolute Gasteiger partial charge is 0.497 e. The minimum absolute atomic E-state index is 0.